The number of hydrogen-bond acceptors (Lipinski definition) is 4. The number of carbonyl (C=O) groups is 3. The topological polar surface area (TPSA) is 93.5 Å². The Morgan fingerprint density at radius 2 is 2.09 bits per heavy atom. The van der Waals surface area contributed by atoms with E-state index in [1.807, 2.05) is 19.1 Å². The highest BCUT2D eigenvalue weighted by Crippen LogP contribution is 2.34. The monoisotopic (exact) mass is 464 g/mol. The molecule has 0 radical (unpaired) electrons. The zero-order chi connectivity index (χ0) is 23.2. The van der Waals surface area contributed by atoms with Crippen LogP contribution in [-0.4, -0.2) is 52.1 Å². The van der Waals surface area contributed by atoms with E-state index in [1.165, 1.54) is 0 Å². The third-order valence-corrected chi connectivity index (χ3v) is 6.69. The van der Waals surface area contributed by atoms with Crippen molar-refractivity contribution >= 4 is 29.3 Å². The second-order valence-corrected chi connectivity index (χ2v) is 9.11. The predicted octanol–water partition coefficient (Wildman–Crippen LogP) is 2.40. The Morgan fingerprint density at radius 3 is 2.78 bits per heavy atom. The molecule has 7 nitrogen and oxygen atoms in total. The molecule has 4 rings (SSSR count). The minimum Gasteiger partial charge on any atom is -0.344 e. The molecule has 3 heterocycles. The Morgan fingerprint density at radius 1 is 1.34 bits per heavy atom. The first-order valence-corrected chi connectivity index (χ1v) is 11.0. The van der Waals surface area contributed by atoms with Gasteiger partial charge in [0.2, 0.25) is 17.7 Å². The van der Waals surface area contributed by atoms with Gasteiger partial charge < -0.3 is 15.1 Å². The lowest BCUT2D eigenvalue weighted by Crippen LogP contribution is -2.46. The van der Waals surface area contributed by atoms with Crippen molar-refractivity contribution in [1.29, 1.82) is 5.26 Å². The predicted molar refractivity (Wildman–Crippen MR) is 110 cm³/mol. The molecule has 0 bridgehead atoms. The first kappa shape index (κ1) is 22.5. The second-order valence-electron chi connectivity index (χ2n) is 8.67. The number of carbonyl (C=O) groups excluding carboxylic acids is 3. The van der Waals surface area contributed by atoms with E-state index in [1.54, 1.807) is 11.0 Å². The number of hydrogen-bond donors (Lipinski definition) is 1. The minimum atomic E-state index is -3.13. The summed E-state index contributed by atoms with van der Waals surface area (Å²) in [6.45, 7) is 2.03. The number of nitriles is 1. The van der Waals surface area contributed by atoms with E-state index < -0.39 is 48.7 Å². The van der Waals surface area contributed by atoms with Crippen LogP contribution >= 0.6 is 11.6 Å². The van der Waals surface area contributed by atoms with E-state index >= 15 is 0 Å². The van der Waals surface area contributed by atoms with Gasteiger partial charge in [0.1, 0.15) is 12.1 Å². The standard InChI is InChI=1S/C22H23ClF2N4O3/c1-2-12-3-15(23)4-14-9-28(10-17(12)14)19(30)6-13-5-18(27-20(13)31)21(32)29-11-22(24,25)7-16(29)8-26/h3-4,13,16,18H,2,5-7,9-11H2,1H3,(H,27,31)/t13-,16-,18-/m0/s1. The van der Waals surface area contributed by atoms with Crippen LogP contribution in [0.25, 0.3) is 0 Å². The molecule has 0 spiro atoms. The molecule has 0 aliphatic carbocycles. The molecule has 32 heavy (non-hydrogen) atoms. The lowest BCUT2D eigenvalue weighted by molar-refractivity contribution is -0.135. The molecule has 3 aliphatic rings. The number of benzene rings is 1. The van der Waals surface area contributed by atoms with Gasteiger partial charge in [0.15, 0.2) is 0 Å². The summed E-state index contributed by atoms with van der Waals surface area (Å²) >= 11 is 6.17. The molecule has 3 atom stereocenters. The molecule has 0 aromatic heterocycles. The Kier molecular flexibility index (Phi) is 5.84. The molecule has 0 saturated carbocycles. The van der Waals surface area contributed by atoms with Crippen molar-refractivity contribution in [1.82, 2.24) is 15.1 Å². The van der Waals surface area contributed by atoms with Gasteiger partial charge >= 0.3 is 0 Å². The highest BCUT2D eigenvalue weighted by atomic mass is 35.5. The van der Waals surface area contributed by atoms with Gasteiger partial charge in [-0.1, -0.05) is 18.5 Å². The van der Waals surface area contributed by atoms with Crippen LogP contribution in [0.5, 0.6) is 0 Å². The van der Waals surface area contributed by atoms with E-state index in [2.05, 4.69) is 5.32 Å². The molecule has 10 heteroatoms. The van der Waals surface area contributed by atoms with Crippen molar-refractivity contribution in [3.05, 3.63) is 33.8 Å². The molecule has 2 saturated heterocycles. The molecule has 3 aliphatic heterocycles. The van der Waals surface area contributed by atoms with E-state index in [0.29, 0.717) is 18.1 Å². The number of amides is 3. The average Bonchev–Trinajstić information content (AvgIpc) is 3.41. The summed E-state index contributed by atoms with van der Waals surface area (Å²) < 4.78 is 27.4. The number of nitrogens with one attached hydrogen (secondary N) is 1. The second kappa shape index (κ2) is 8.32. The molecular weight excluding hydrogens is 442 g/mol. The lowest BCUT2D eigenvalue weighted by atomic mass is 9.99. The third-order valence-electron chi connectivity index (χ3n) is 6.47. The largest absolute Gasteiger partial charge is 0.344 e. The summed E-state index contributed by atoms with van der Waals surface area (Å²) in [5.74, 6) is -5.22. The zero-order valence-electron chi connectivity index (χ0n) is 17.5. The molecule has 3 amide bonds. The summed E-state index contributed by atoms with van der Waals surface area (Å²) in [7, 11) is 0. The molecule has 0 unspecified atom stereocenters. The maximum atomic E-state index is 13.7. The maximum absolute atomic E-state index is 13.7. The summed E-state index contributed by atoms with van der Waals surface area (Å²) in [4.78, 5) is 40.5. The van der Waals surface area contributed by atoms with Gasteiger partial charge in [-0.15, -0.1) is 0 Å². The van der Waals surface area contributed by atoms with Gasteiger partial charge in [0.25, 0.3) is 5.92 Å². The van der Waals surface area contributed by atoms with Crippen LogP contribution in [-0.2, 0) is 33.9 Å². The quantitative estimate of drug-likeness (QED) is 0.740. The fourth-order valence-electron chi connectivity index (χ4n) is 4.83. The number of rotatable bonds is 4. The number of alkyl halides is 2. The van der Waals surface area contributed by atoms with Crippen molar-refractivity contribution in [3.8, 4) is 6.07 Å². The lowest BCUT2D eigenvalue weighted by Gasteiger charge is -2.22. The van der Waals surface area contributed by atoms with Crippen molar-refractivity contribution in [2.24, 2.45) is 5.92 Å². The summed E-state index contributed by atoms with van der Waals surface area (Å²) in [6.07, 6.45) is 0.0448. The van der Waals surface area contributed by atoms with Crippen molar-refractivity contribution in [2.45, 2.75) is 63.7 Å². The summed E-state index contributed by atoms with van der Waals surface area (Å²) in [5.41, 5.74) is 3.15. The average molecular weight is 465 g/mol. The smallest absolute Gasteiger partial charge is 0.268 e. The van der Waals surface area contributed by atoms with Crippen LogP contribution in [0.2, 0.25) is 5.02 Å². The minimum absolute atomic E-state index is 0.0381. The van der Waals surface area contributed by atoms with Crippen LogP contribution in [0.4, 0.5) is 8.78 Å². The van der Waals surface area contributed by atoms with E-state index in [4.69, 9.17) is 16.9 Å². The molecule has 2 fully saturated rings. The first-order valence-electron chi connectivity index (χ1n) is 10.6. The van der Waals surface area contributed by atoms with Crippen LogP contribution in [0.3, 0.4) is 0 Å². The van der Waals surface area contributed by atoms with Gasteiger partial charge in [-0.25, -0.2) is 8.78 Å². The van der Waals surface area contributed by atoms with Crippen molar-refractivity contribution in [2.75, 3.05) is 6.54 Å². The highest BCUT2D eigenvalue weighted by molar-refractivity contribution is 6.30. The molecule has 1 N–H and O–H groups in total. The van der Waals surface area contributed by atoms with Gasteiger partial charge in [-0.3, -0.25) is 14.4 Å². The van der Waals surface area contributed by atoms with Gasteiger partial charge in [-0.05, 0) is 41.7 Å². The third kappa shape index (κ3) is 4.16. The number of fused-ring (bicyclic) bond motifs is 1. The Labute approximate surface area is 189 Å². The molecule has 1 aromatic rings. The van der Waals surface area contributed by atoms with Gasteiger partial charge in [-0.2, -0.15) is 5.26 Å². The van der Waals surface area contributed by atoms with E-state index in [-0.39, 0.29) is 18.7 Å². The molecule has 1 aromatic carbocycles. The fourth-order valence-corrected chi connectivity index (χ4v) is 5.09. The van der Waals surface area contributed by atoms with Crippen LogP contribution in [0.15, 0.2) is 12.1 Å². The summed E-state index contributed by atoms with van der Waals surface area (Å²) in [5, 5.41) is 12.2. The van der Waals surface area contributed by atoms with Crippen LogP contribution in [0.1, 0.15) is 42.9 Å². The maximum Gasteiger partial charge on any atom is 0.268 e. The SMILES string of the molecule is CCc1cc(Cl)cc2c1CN(C(=O)C[C@@H]1C[C@@H](C(=O)N3CC(F)(F)C[C@H]3C#N)NC1=O)C2. The number of aryl methyl sites for hydroxylation is 1. The van der Waals surface area contributed by atoms with E-state index in [9.17, 15) is 23.2 Å². The summed E-state index contributed by atoms with van der Waals surface area (Å²) in [6, 6.07) is 3.24. The van der Waals surface area contributed by atoms with Crippen molar-refractivity contribution < 1.29 is 23.2 Å². The number of halogens is 3. The van der Waals surface area contributed by atoms with Gasteiger partial charge in [0.05, 0.1) is 12.6 Å². The first-order chi connectivity index (χ1) is 15.1. The number of nitrogens with zero attached hydrogens (tertiary/aromatic N) is 3. The van der Waals surface area contributed by atoms with Crippen LogP contribution in [0, 0.1) is 17.2 Å². The normalized spacial score (nSPS) is 26.1. The number of likely N-dealkylation sites (tertiary alicyclic amines) is 1. The Bertz CT molecular complexity index is 1030. The zero-order valence-corrected chi connectivity index (χ0v) is 18.3. The Hall–Kier alpha value is -2.73. The molecular formula is C22H23ClF2N4O3. The van der Waals surface area contributed by atoms with Gasteiger partial charge in [0, 0.05) is 36.9 Å². The van der Waals surface area contributed by atoms with Crippen molar-refractivity contribution in [3.63, 3.8) is 0 Å². The van der Waals surface area contributed by atoms with Crippen LogP contribution < -0.4 is 5.32 Å². The highest BCUT2D eigenvalue weighted by Gasteiger charge is 2.50. The Balaban J connectivity index is 1.39. The molecule has 170 valence electrons. The van der Waals surface area contributed by atoms with E-state index in [0.717, 1.165) is 28.0 Å². The fraction of sp³-hybridized carbons (Fsp3) is 0.545.